The second-order valence-corrected chi connectivity index (χ2v) is 5.98. The highest BCUT2D eigenvalue weighted by Crippen LogP contribution is 2.20. The molecule has 6 nitrogen and oxygen atoms in total. The summed E-state index contributed by atoms with van der Waals surface area (Å²) in [6.45, 7) is 7.72. The number of nitrogens with zero attached hydrogens (tertiary/aromatic N) is 4. The maximum atomic E-state index is 5.40. The van der Waals surface area contributed by atoms with E-state index in [0.29, 0.717) is 5.92 Å². The van der Waals surface area contributed by atoms with E-state index in [1.54, 1.807) is 0 Å². The highest BCUT2D eigenvalue weighted by molar-refractivity contribution is 4.98. The molecule has 1 aromatic heterocycles. The number of piperidine rings is 1. The zero-order valence-electron chi connectivity index (χ0n) is 12.3. The minimum Gasteiger partial charge on any atom is -0.339 e. The summed E-state index contributed by atoms with van der Waals surface area (Å²) in [5.74, 6) is 2.12. The third-order valence-corrected chi connectivity index (χ3v) is 4.38. The standard InChI is InChI=1S/C14H25N5O/c1-18-7-9-19(10-8-18)6-4-13-16-14(17-20-13)12-3-2-5-15-11-12/h12,15H,2-11H2,1H3. The fourth-order valence-corrected chi connectivity index (χ4v) is 2.93. The van der Waals surface area contributed by atoms with Crippen LogP contribution in [0.15, 0.2) is 4.52 Å². The van der Waals surface area contributed by atoms with E-state index in [9.17, 15) is 0 Å². The number of rotatable bonds is 4. The molecule has 2 saturated heterocycles. The first kappa shape index (κ1) is 14.0. The predicted molar refractivity (Wildman–Crippen MR) is 76.8 cm³/mol. The molecule has 20 heavy (non-hydrogen) atoms. The molecule has 2 aliphatic rings. The van der Waals surface area contributed by atoms with Gasteiger partial charge in [0.05, 0.1) is 0 Å². The summed E-state index contributed by atoms with van der Waals surface area (Å²) in [4.78, 5) is 9.43. The lowest BCUT2D eigenvalue weighted by Crippen LogP contribution is -2.45. The van der Waals surface area contributed by atoms with Crippen molar-refractivity contribution in [2.75, 3.05) is 52.9 Å². The fraction of sp³-hybridized carbons (Fsp3) is 0.857. The smallest absolute Gasteiger partial charge is 0.227 e. The molecule has 0 bridgehead atoms. The van der Waals surface area contributed by atoms with Crippen molar-refractivity contribution in [1.82, 2.24) is 25.3 Å². The van der Waals surface area contributed by atoms with Gasteiger partial charge >= 0.3 is 0 Å². The normalized spacial score (nSPS) is 25.9. The molecule has 0 amide bonds. The molecule has 112 valence electrons. The third-order valence-electron chi connectivity index (χ3n) is 4.38. The molecule has 0 radical (unpaired) electrons. The topological polar surface area (TPSA) is 57.4 Å². The van der Waals surface area contributed by atoms with Gasteiger partial charge in [0, 0.05) is 51.6 Å². The van der Waals surface area contributed by atoms with E-state index in [1.807, 2.05) is 0 Å². The molecule has 6 heteroatoms. The molecule has 0 saturated carbocycles. The number of piperazine rings is 1. The Kier molecular flexibility index (Phi) is 4.65. The van der Waals surface area contributed by atoms with Gasteiger partial charge in [-0.05, 0) is 26.4 Å². The van der Waals surface area contributed by atoms with Gasteiger partial charge in [0.15, 0.2) is 5.82 Å². The summed E-state index contributed by atoms with van der Waals surface area (Å²) >= 11 is 0. The van der Waals surface area contributed by atoms with E-state index in [0.717, 1.165) is 63.9 Å². The first-order chi connectivity index (χ1) is 9.81. The van der Waals surface area contributed by atoms with Gasteiger partial charge in [0.2, 0.25) is 5.89 Å². The molecule has 2 aliphatic heterocycles. The Labute approximate surface area is 120 Å². The second-order valence-electron chi connectivity index (χ2n) is 5.98. The lowest BCUT2D eigenvalue weighted by Gasteiger charge is -2.31. The van der Waals surface area contributed by atoms with Crippen molar-refractivity contribution in [3.8, 4) is 0 Å². The Morgan fingerprint density at radius 2 is 2.15 bits per heavy atom. The Hall–Kier alpha value is -0.980. The zero-order valence-corrected chi connectivity index (χ0v) is 12.3. The van der Waals surface area contributed by atoms with Crippen LogP contribution in [0, 0.1) is 0 Å². The van der Waals surface area contributed by atoms with Crippen molar-refractivity contribution in [3.63, 3.8) is 0 Å². The Bertz CT molecular complexity index is 407. The van der Waals surface area contributed by atoms with Crippen molar-refractivity contribution in [3.05, 3.63) is 11.7 Å². The molecule has 1 N–H and O–H groups in total. The summed E-state index contributed by atoms with van der Waals surface area (Å²) in [5.41, 5.74) is 0. The first-order valence-electron chi connectivity index (χ1n) is 7.75. The van der Waals surface area contributed by atoms with Crippen LogP contribution in [0.5, 0.6) is 0 Å². The average Bonchev–Trinajstić information content (AvgIpc) is 2.97. The van der Waals surface area contributed by atoms with E-state index >= 15 is 0 Å². The number of likely N-dealkylation sites (N-methyl/N-ethyl adjacent to an activating group) is 1. The van der Waals surface area contributed by atoms with Gasteiger partial charge in [-0.2, -0.15) is 4.98 Å². The van der Waals surface area contributed by atoms with Crippen LogP contribution in [0.4, 0.5) is 0 Å². The zero-order chi connectivity index (χ0) is 13.8. The summed E-state index contributed by atoms with van der Waals surface area (Å²) in [6, 6.07) is 0. The van der Waals surface area contributed by atoms with Crippen molar-refractivity contribution < 1.29 is 4.52 Å². The van der Waals surface area contributed by atoms with Crippen LogP contribution in [-0.2, 0) is 6.42 Å². The molecular weight excluding hydrogens is 254 g/mol. The summed E-state index contributed by atoms with van der Waals surface area (Å²) < 4.78 is 5.40. The molecule has 1 atom stereocenters. The van der Waals surface area contributed by atoms with Gasteiger partial charge in [0.25, 0.3) is 0 Å². The van der Waals surface area contributed by atoms with Gasteiger partial charge in [-0.25, -0.2) is 0 Å². The Morgan fingerprint density at radius 1 is 1.30 bits per heavy atom. The Balaban J connectivity index is 1.47. The van der Waals surface area contributed by atoms with Crippen molar-refractivity contribution in [1.29, 1.82) is 0 Å². The van der Waals surface area contributed by atoms with Crippen LogP contribution in [0.1, 0.15) is 30.5 Å². The van der Waals surface area contributed by atoms with E-state index in [4.69, 9.17) is 4.52 Å². The van der Waals surface area contributed by atoms with Crippen molar-refractivity contribution in [2.45, 2.75) is 25.2 Å². The second kappa shape index (κ2) is 6.65. The monoisotopic (exact) mass is 279 g/mol. The van der Waals surface area contributed by atoms with Gasteiger partial charge in [-0.15, -0.1) is 0 Å². The minimum atomic E-state index is 0.435. The highest BCUT2D eigenvalue weighted by Gasteiger charge is 2.21. The summed E-state index contributed by atoms with van der Waals surface area (Å²) in [6.07, 6.45) is 3.25. The van der Waals surface area contributed by atoms with Crippen LogP contribution >= 0.6 is 0 Å². The summed E-state index contributed by atoms with van der Waals surface area (Å²) in [5, 5.41) is 7.56. The molecule has 1 aromatic rings. The van der Waals surface area contributed by atoms with E-state index in [1.165, 1.54) is 12.8 Å². The molecule has 2 fully saturated rings. The maximum absolute atomic E-state index is 5.40. The molecule has 1 unspecified atom stereocenters. The highest BCUT2D eigenvalue weighted by atomic mass is 16.5. The lowest BCUT2D eigenvalue weighted by molar-refractivity contribution is 0.152. The average molecular weight is 279 g/mol. The SMILES string of the molecule is CN1CCN(CCc2nc(C3CCCNC3)no2)CC1. The molecule has 3 heterocycles. The van der Waals surface area contributed by atoms with E-state index in [2.05, 4.69) is 32.3 Å². The van der Waals surface area contributed by atoms with Gasteiger partial charge in [0.1, 0.15) is 0 Å². The van der Waals surface area contributed by atoms with E-state index < -0.39 is 0 Å². The first-order valence-corrected chi connectivity index (χ1v) is 7.75. The van der Waals surface area contributed by atoms with Crippen LogP contribution in [-0.4, -0.2) is 72.8 Å². The van der Waals surface area contributed by atoms with Gasteiger partial charge in [-0.1, -0.05) is 5.16 Å². The van der Waals surface area contributed by atoms with Crippen LogP contribution in [0.25, 0.3) is 0 Å². The lowest BCUT2D eigenvalue weighted by atomic mass is 9.99. The van der Waals surface area contributed by atoms with Gasteiger partial charge in [-0.3, -0.25) is 0 Å². The van der Waals surface area contributed by atoms with Crippen LogP contribution in [0.3, 0.4) is 0 Å². The van der Waals surface area contributed by atoms with Crippen LogP contribution in [0.2, 0.25) is 0 Å². The number of aromatic nitrogens is 2. The number of hydrogen-bond donors (Lipinski definition) is 1. The molecule has 0 spiro atoms. The maximum Gasteiger partial charge on any atom is 0.227 e. The molecular formula is C14H25N5O. The largest absolute Gasteiger partial charge is 0.339 e. The third kappa shape index (κ3) is 3.56. The van der Waals surface area contributed by atoms with Crippen LogP contribution < -0.4 is 5.32 Å². The summed E-state index contributed by atoms with van der Waals surface area (Å²) in [7, 11) is 2.18. The van der Waals surface area contributed by atoms with Crippen molar-refractivity contribution >= 4 is 0 Å². The molecule has 3 rings (SSSR count). The Morgan fingerprint density at radius 3 is 2.90 bits per heavy atom. The minimum absolute atomic E-state index is 0.435. The van der Waals surface area contributed by atoms with Gasteiger partial charge < -0.3 is 19.6 Å². The fourth-order valence-electron chi connectivity index (χ4n) is 2.93. The van der Waals surface area contributed by atoms with E-state index in [-0.39, 0.29) is 0 Å². The number of hydrogen-bond acceptors (Lipinski definition) is 6. The predicted octanol–water partition coefficient (Wildman–Crippen LogP) is 0.327. The quantitative estimate of drug-likeness (QED) is 0.857. The van der Waals surface area contributed by atoms with Crippen molar-refractivity contribution in [2.24, 2.45) is 0 Å². The molecule has 0 aliphatic carbocycles. The molecule has 0 aromatic carbocycles. The number of nitrogens with one attached hydrogen (secondary N) is 1.